The van der Waals surface area contributed by atoms with Crippen molar-refractivity contribution >= 4 is 53.1 Å². The van der Waals surface area contributed by atoms with E-state index in [0.29, 0.717) is 22.5 Å². The smallest absolute Gasteiger partial charge is 0.191 e. The summed E-state index contributed by atoms with van der Waals surface area (Å²) in [4.78, 5) is 6.37. The molecule has 0 amide bonds. The average molecular weight is 416 g/mol. The largest absolute Gasteiger partial charge is 0.370 e. The van der Waals surface area contributed by atoms with E-state index in [1.165, 1.54) is 0 Å². The highest BCUT2D eigenvalue weighted by atomic mass is 127. The average Bonchev–Trinajstić information content (AvgIpc) is 2.29. The van der Waals surface area contributed by atoms with E-state index in [1.807, 2.05) is 17.0 Å². The van der Waals surface area contributed by atoms with E-state index in [-0.39, 0.29) is 24.0 Å². The molecule has 0 unspecified atom stereocenters. The predicted octanol–water partition coefficient (Wildman–Crippen LogP) is 3.81. The van der Waals surface area contributed by atoms with Crippen LogP contribution in [0, 0.1) is 0 Å². The van der Waals surface area contributed by atoms with Crippen LogP contribution >= 0.6 is 47.2 Å². The van der Waals surface area contributed by atoms with E-state index >= 15 is 0 Å². The minimum atomic E-state index is 0. The molecular formula is C13H20Cl2IN3. The molecule has 0 spiro atoms. The molecule has 0 aliphatic heterocycles. The fourth-order valence-corrected chi connectivity index (χ4v) is 2.27. The number of nitrogens with zero attached hydrogens (tertiary/aromatic N) is 2. The number of nitrogens with two attached hydrogens (primary N) is 1. The van der Waals surface area contributed by atoms with Crippen LogP contribution in [0.5, 0.6) is 0 Å². The number of hydrogen-bond acceptors (Lipinski definition) is 1. The van der Waals surface area contributed by atoms with Gasteiger partial charge in [-0.05, 0) is 44.0 Å². The summed E-state index contributed by atoms with van der Waals surface area (Å²) in [6.07, 6.45) is 0.780. The van der Waals surface area contributed by atoms with E-state index in [4.69, 9.17) is 28.9 Å². The van der Waals surface area contributed by atoms with Gasteiger partial charge in [-0.2, -0.15) is 0 Å². The molecule has 1 aromatic carbocycles. The van der Waals surface area contributed by atoms with Gasteiger partial charge in [0.05, 0.1) is 0 Å². The lowest BCUT2D eigenvalue weighted by Crippen LogP contribution is -2.37. The molecule has 0 saturated heterocycles. The second kappa shape index (κ2) is 9.66. The van der Waals surface area contributed by atoms with Gasteiger partial charge in [-0.25, -0.2) is 0 Å². The van der Waals surface area contributed by atoms with E-state index < -0.39 is 0 Å². The Hall–Kier alpha value is -0.200. The van der Waals surface area contributed by atoms with Gasteiger partial charge in [0.2, 0.25) is 0 Å². The minimum absolute atomic E-state index is 0. The highest BCUT2D eigenvalue weighted by Gasteiger charge is 2.02. The first kappa shape index (κ1) is 18.8. The number of halogens is 3. The van der Waals surface area contributed by atoms with E-state index in [1.54, 1.807) is 6.07 Å². The molecule has 6 heteroatoms. The fourth-order valence-electron chi connectivity index (χ4n) is 1.70. The zero-order valence-electron chi connectivity index (χ0n) is 11.2. The molecule has 0 atom stereocenters. The quantitative estimate of drug-likeness (QED) is 0.451. The topological polar surface area (TPSA) is 41.6 Å². The van der Waals surface area contributed by atoms with Gasteiger partial charge in [-0.1, -0.05) is 23.2 Å². The summed E-state index contributed by atoms with van der Waals surface area (Å²) in [5.74, 6) is 0.591. The Bertz CT molecular complexity index is 400. The van der Waals surface area contributed by atoms with Gasteiger partial charge in [0.25, 0.3) is 0 Å². The number of hydrogen-bond donors (Lipinski definition) is 1. The number of rotatable bonds is 5. The Morgan fingerprint density at radius 1 is 1.16 bits per heavy atom. The van der Waals surface area contributed by atoms with Crippen molar-refractivity contribution in [3.05, 3.63) is 33.8 Å². The summed E-state index contributed by atoms with van der Waals surface area (Å²) in [7, 11) is 0. The van der Waals surface area contributed by atoms with E-state index in [2.05, 4.69) is 18.8 Å². The lowest BCUT2D eigenvalue weighted by Gasteiger charge is -2.19. The van der Waals surface area contributed by atoms with Gasteiger partial charge in [-0.15, -0.1) is 24.0 Å². The van der Waals surface area contributed by atoms with Gasteiger partial charge >= 0.3 is 0 Å². The van der Waals surface area contributed by atoms with Gasteiger partial charge < -0.3 is 10.6 Å². The molecule has 19 heavy (non-hydrogen) atoms. The van der Waals surface area contributed by atoms with Crippen molar-refractivity contribution in [3.8, 4) is 0 Å². The molecule has 3 nitrogen and oxygen atoms in total. The van der Waals surface area contributed by atoms with Gasteiger partial charge in [0, 0.05) is 29.7 Å². The molecule has 1 rings (SSSR count). The second-order valence-corrected chi connectivity index (χ2v) is 4.81. The number of aliphatic imine (C=N–C) groups is 1. The molecule has 0 fully saturated rings. The highest BCUT2D eigenvalue weighted by molar-refractivity contribution is 14.0. The van der Waals surface area contributed by atoms with Crippen LogP contribution in [0.25, 0.3) is 0 Å². The molecule has 0 radical (unpaired) electrons. The zero-order chi connectivity index (χ0) is 13.5. The summed E-state index contributed by atoms with van der Waals surface area (Å²) >= 11 is 11.9. The summed E-state index contributed by atoms with van der Waals surface area (Å²) in [5, 5.41) is 1.30. The first-order valence-electron chi connectivity index (χ1n) is 6.06. The van der Waals surface area contributed by atoms with Gasteiger partial charge in [-0.3, -0.25) is 4.99 Å². The Labute approximate surface area is 142 Å². The standard InChI is InChI=1S/C13H19Cl2N3.HI/c1-3-18(4-2)13(16)17-6-5-10-7-11(14)9-12(15)8-10;/h7-9H,3-6H2,1-2H3,(H2,16,17);1H. The van der Waals surface area contributed by atoms with Crippen molar-refractivity contribution in [3.63, 3.8) is 0 Å². The van der Waals surface area contributed by atoms with Crippen LogP contribution in [0.4, 0.5) is 0 Å². The molecule has 0 saturated carbocycles. The molecule has 0 aliphatic carbocycles. The molecule has 108 valence electrons. The van der Waals surface area contributed by atoms with Crippen molar-refractivity contribution in [1.29, 1.82) is 0 Å². The molecule has 0 heterocycles. The van der Waals surface area contributed by atoms with Crippen LogP contribution in [0.3, 0.4) is 0 Å². The Balaban J connectivity index is 0.00000324. The van der Waals surface area contributed by atoms with Crippen LogP contribution in [-0.2, 0) is 6.42 Å². The Morgan fingerprint density at radius 2 is 1.68 bits per heavy atom. The molecule has 2 N–H and O–H groups in total. The summed E-state index contributed by atoms with van der Waals surface area (Å²) in [6, 6.07) is 5.52. The third kappa shape index (κ3) is 6.68. The van der Waals surface area contributed by atoms with Crippen LogP contribution < -0.4 is 5.73 Å². The summed E-state index contributed by atoms with van der Waals surface area (Å²) in [5.41, 5.74) is 6.96. The normalized spacial score (nSPS) is 11.1. The van der Waals surface area contributed by atoms with E-state index in [0.717, 1.165) is 25.1 Å². The molecule has 1 aromatic rings. The first-order valence-corrected chi connectivity index (χ1v) is 6.82. The first-order chi connectivity index (χ1) is 8.56. The lowest BCUT2D eigenvalue weighted by molar-refractivity contribution is 0.458. The lowest BCUT2D eigenvalue weighted by atomic mass is 10.1. The van der Waals surface area contributed by atoms with Crippen LogP contribution in [0.2, 0.25) is 10.0 Å². The van der Waals surface area contributed by atoms with Crippen molar-refractivity contribution in [2.75, 3.05) is 19.6 Å². The van der Waals surface area contributed by atoms with E-state index in [9.17, 15) is 0 Å². The zero-order valence-corrected chi connectivity index (χ0v) is 15.0. The summed E-state index contributed by atoms with van der Waals surface area (Å²) < 4.78 is 0. The number of guanidine groups is 1. The summed E-state index contributed by atoms with van der Waals surface area (Å²) in [6.45, 7) is 6.49. The van der Waals surface area contributed by atoms with Crippen LogP contribution in [0.15, 0.2) is 23.2 Å². The highest BCUT2D eigenvalue weighted by Crippen LogP contribution is 2.19. The minimum Gasteiger partial charge on any atom is -0.370 e. The number of benzene rings is 1. The van der Waals surface area contributed by atoms with Crippen LogP contribution in [-0.4, -0.2) is 30.5 Å². The molecular weight excluding hydrogens is 396 g/mol. The maximum Gasteiger partial charge on any atom is 0.191 e. The maximum absolute atomic E-state index is 5.93. The van der Waals surface area contributed by atoms with Gasteiger partial charge in [0.15, 0.2) is 5.96 Å². The SMILES string of the molecule is CCN(CC)C(N)=NCCc1cc(Cl)cc(Cl)c1.I. The fraction of sp³-hybridized carbons (Fsp3) is 0.462. The maximum atomic E-state index is 5.93. The predicted molar refractivity (Wildman–Crippen MR) is 95.0 cm³/mol. The Morgan fingerprint density at radius 3 is 2.16 bits per heavy atom. The molecule has 0 aliphatic rings. The third-order valence-electron chi connectivity index (χ3n) is 2.68. The Kier molecular flexibility index (Phi) is 9.56. The molecule has 0 bridgehead atoms. The monoisotopic (exact) mass is 415 g/mol. The van der Waals surface area contributed by atoms with Gasteiger partial charge in [0.1, 0.15) is 0 Å². The van der Waals surface area contributed by atoms with Crippen LogP contribution in [0.1, 0.15) is 19.4 Å². The van der Waals surface area contributed by atoms with Crippen molar-refractivity contribution in [1.82, 2.24) is 4.90 Å². The molecule has 0 aromatic heterocycles. The third-order valence-corrected chi connectivity index (χ3v) is 3.12. The van der Waals surface area contributed by atoms with Crippen molar-refractivity contribution in [2.24, 2.45) is 10.7 Å². The van der Waals surface area contributed by atoms with Crippen molar-refractivity contribution < 1.29 is 0 Å². The van der Waals surface area contributed by atoms with Crippen molar-refractivity contribution in [2.45, 2.75) is 20.3 Å². The second-order valence-electron chi connectivity index (χ2n) is 3.94.